The van der Waals surface area contributed by atoms with E-state index >= 15 is 0 Å². The molecule has 0 radical (unpaired) electrons. The van der Waals surface area contributed by atoms with Gasteiger partial charge < -0.3 is 15.0 Å². The number of nitrogens with zero attached hydrogens (tertiary/aromatic N) is 1. The third-order valence-electron chi connectivity index (χ3n) is 4.43. The minimum absolute atomic E-state index is 0.0413. The van der Waals surface area contributed by atoms with E-state index in [1.165, 1.54) is 17.0 Å². The van der Waals surface area contributed by atoms with Crippen LogP contribution in [0.5, 0.6) is 5.75 Å². The maximum absolute atomic E-state index is 12.6. The molecule has 1 aliphatic heterocycles. The summed E-state index contributed by atoms with van der Waals surface area (Å²) in [7, 11) is 0. The normalized spacial score (nSPS) is 16.9. The number of hydrogen-bond acceptors (Lipinski definition) is 3. The summed E-state index contributed by atoms with van der Waals surface area (Å²) >= 11 is 0. The van der Waals surface area contributed by atoms with Crippen LogP contribution in [0.4, 0.5) is 24.5 Å². The molecule has 2 aromatic rings. The Hall–Kier alpha value is -3.03. The van der Waals surface area contributed by atoms with Gasteiger partial charge in [0.25, 0.3) is 0 Å². The predicted octanol–water partition coefficient (Wildman–Crippen LogP) is 4.10. The van der Waals surface area contributed by atoms with Crippen molar-refractivity contribution < 1.29 is 27.5 Å². The van der Waals surface area contributed by atoms with Crippen molar-refractivity contribution >= 4 is 23.2 Å². The smallest absolute Gasteiger partial charge is 0.416 e. The Bertz CT molecular complexity index is 848. The van der Waals surface area contributed by atoms with Crippen molar-refractivity contribution in [2.45, 2.75) is 19.5 Å². The molecular formula is C20H19F3N2O3. The number of alkyl halides is 3. The van der Waals surface area contributed by atoms with Crippen LogP contribution in [0.25, 0.3) is 0 Å². The molecule has 1 saturated heterocycles. The summed E-state index contributed by atoms with van der Waals surface area (Å²) in [4.78, 5) is 26.2. The van der Waals surface area contributed by atoms with Gasteiger partial charge in [-0.2, -0.15) is 13.2 Å². The Kier molecular flexibility index (Phi) is 5.58. The molecule has 1 atom stereocenters. The number of carbonyl (C=O) groups is 2. The van der Waals surface area contributed by atoms with Crippen molar-refractivity contribution in [3.05, 3.63) is 54.1 Å². The minimum atomic E-state index is -4.43. The summed E-state index contributed by atoms with van der Waals surface area (Å²) in [5, 5.41) is 2.58. The molecule has 1 unspecified atom stereocenters. The number of nitrogens with one attached hydrogen (secondary N) is 1. The standard InChI is InChI=1S/C20H19F3N2O3/c1-2-28-17-9-7-16(8-10-17)25-12-13(11-18(25)26)19(27)24-15-5-3-14(4-6-15)20(21,22)23/h3-10,13H,2,11-12H2,1H3,(H,24,27). The Morgan fingerprint density at radius 2 is 1.79 bits per heavy atom. The van der Waals surface area contributed by atoms with E-state index in [-0.39, 0.29) is 24.6 Å². The first-order valence-electron chi connectivity index (χ1n) is 8.79. The molecule has 5 nitrogen and oxygen atoms in total. The second-order valence-electron chi connectivity index (χ2n) is 6.40. The first-order valence-corrected chi connectivity index (χ1v) is 8.79. The molecule has 0 bridgehead atoms. The maximum atomic E-state index is 12.6. The van der Waals surface area contributed by atoms with E-state index in [4.69, 9.17) is 4.74 Å². The third-order valence-corrected chi connectivity index (χ3v) is 4.43. The van der Waals surface area contributed by atoms with Crippen molar-refractivity contribution in [2.75, 3.05) is 23.4 Å². The monoisotopic (exact) mass is 392 g/mol. The lowest BCUT2D eigenvalue weighted by Crippen LogP contribution is -2.28. The van der Waals surface area contributed by atoms with Crippen LogP contribution in [0.2, 0.25) is 0 Å². The summed E-state index contributed by atoms with van der Waals surface area (Å²) < 4.78 is 43.2. The van der Waals surface area contributed by atoms with Gasteiger partial charge in [-0.3, -0.25) is 9.59 Å². The number of amides is 2. The number of hydrogen-bond donors (Lipinski definition) is 1. The summed E-state index contributed by atoms with van der Waals surface area (Å²) in [5.41, 5.74) is 0.131. The van der Waals surface area contributed by atoms with Crippen molar-refractivity contribution in [1.82, 2.24) is 0 Å². The summed E-state index contributed by atoms with van der Waals surface area (Å²) in [6.07, 6.45) is -4.39. The Balaban J connectivity index is 1.63. The van der Waals surface area contributed by atoms with Crippen LogP contribution in [0.1, 0.15) is 18.9 Å². The van der Waals surface area contributed by atoms with E-state index in [1.807, 2.05) is 6.92 Å². The van der Waals surface area contributed by atoms with E-state index in [0.717, 1.165) is 12.1 Å². The van der Waals surface area contributed by atoms with E-state index < -0.39 is 23.6 Å². The molecule has 0 aromatic heterocycles. The fraction of sp³-hybridized carbons (Fsp3) is 0.300. The molecule has 1 aliphatic rings. The number of halogens is 3. The molecule has 8 heteroatoms. The van der Waals surface area contributed by atoms with Gasteiger partial charge in [-0.1, -0.05) is 0 Å². The fourth-order valence-corrected chi connectivity index (χ4v) is 3.01. The molecule has 148 valence electrons. The lowest BCUT2D eigenvalue weighted by Gasteiger charge is -2.17. The van der Waals surface area contributed by atoms with Crippen molar-refractivity contribution in [2.24, 2.45) is 5.92 Å². The Morgan fingerprint density at radius 3 is 2.36 bits per heavy atom. The highest BCUT2D eigenvalue weighted by Gasteiger charge is 2.35. The fourth-order valence-electron chi connectivity index (χ4n) is 3.01. The molecular weight excluding hydrogens is 373 g/mol. The second-order valence-corrected chi connectivity index (χ2v) is 6.40. The molecule has 0 saturated carbocycles. The quantitative estimate of drug-likeness (QED) is 0.834. The van der Waals surface area contributed by atoms with Gasteiger partial charge in [-0.05, 0) is 55.5 Å². The van der Waals surface area contributed by atoms with E-state index in [2.05, 4.69) is 5.32 Å². The van der Waals surface area contributed by atoms with Crippen LogP contribution < -0.4 is 15.0 Å². The highest BCUT2D eigenvalue weighted by Crippen LogP contribution is 2.31. The molecule has 28 heavy (non-hydrogen) atoms. The zero-order valence-corrected chi connectivity index (χ0v) is 15.1. The van der Waals surface area contributed by atoms with Gasteiger partial charge in [-0.15, -0.1) is 0 Å². The summed E-state index contributed by atoms with van der Waals surface area (Å²) in [6, 6.07) is 11.2. The number of benzene rings is 2. The minimum Gasteiger partial charge on any atom is -0.494 e. The summed E-state index contributed by atoms with van der Waals surface area (Å²) in [5.74, 6) is -0.478. The molecule has 1 heterocycles. The zero-order chi connectivity index (χ0) is 20.3. The molecule has 3 rings (SSSR count). The molecule has 2 amide bonds. The van der Waals surface area contributed by atoms with Gasteiger partial charge in [0.2, 0.25) is 11.8 Å². The van der Waals surface area contributed by atoms with Gasteiger partial charge in [0.05, 0.1) is 18.1 Å². The van der Waals surface area contributed by atoms with E-state index in [1.54, 1.807) is 24.3 Å². The van der Waals surface area contributed by atoms with Crippen molar-refractivity contribution in [3.63, 3.8) is 0 Å². The Morgan fingerprint density at radius 1 is 1.14 bits per heavy atom. The van der Waals surface area contributed by atoms with Crippen molar-refractivity contribution in [1.29, 1.82) is 0 Å². The maximum Gasteiger partial charge on any atom is 0.416 e. The third kappa shape index (κ3) is 4.44. The van der Waals surface area contributed by atoms with E-state index in [0.29, 0.717) is 18.0 Å². The van der Waals surface area contributed by atoms with Gasteiger partial charge in [0.1, 0.15) is 5.75 Å². The second kappa shape index (κ2) is 7.92. The van der Waals surface area contributed by atoms with Crippen LogP contribution in [-0.4, -0.2) is 25.0 Å². The number of anilines is 2. The lowest BCUT2D eigenvalue weighted by molar-refractivity contribution is -0.137. The molecule has 1 N–H and O–H groups in total. The SMILES string of the molecule is CCOc1ccc(N2CC(C(=O)Nc3ccc(C(F)(F)F)cc3)CC2=O)cc1. The average molecular weight is 392 g/mol. The number of ether oxygens (including phenoxy) is 1. The zero-order valence-electron chi connectivity index (χ0n) is 15.1. The van der Waals surface area contributed by atoms with Crippen LogP contribution in [0.15, 0.2) is 48.5 Å². The van der Waals surface area contributed by atoms with Crippen molar-refractivity contribution in [3.8, 4) is 5.75 Å². The van der Waals surface area contributed by atoms with Crippen LogP contribution in [0, 0.1) is 5.92 Å². The van der Waals surface area contributed by atoms with Gasteiger partial charge in [0.15, 0.2) is 0 Å². The molecule has 0 spiro atoms. The lowest BCUT2D eigenvalue weighted by atomic mass is 10.1. The van der Waals surface area contributed by atoms with Gasteiger partial charge in [-0.25, -0.2) is 0 Å². The van der Waals surface area contributed by atoms with Crippen LogP contribution in [0.3, 0.4) is 0 Å². The highest BCUT2D eigenvalue weighted by atomic mass is 19.4. The van der Waals surface area contributed by atoms with Gasteiger partial charge >= 0.3 is 6.18 Å². The Labute approximate surface area is 160 Å². The van der Waals surface area contributed by atoms with Gasteiger partial charge in [0, 0.05) is 24.3 Å². The van der Waals surface area contributed by atoms with E-state index in [9.17, 15) is 22.8 Å². The topological polar surface area (TPSA) is 58.6 Å². The predicted molar refractivity (Wildman–Crippen MR) is 98.1 cm³/mol. The largest absolute Gasteiger partial charge is 0.494 e. The summed E-state index contributed by atoms with van der Waals surface area (Å²) in [6.45, 7) is 2.62. The molecule has 1 fully saturated rings. The highest BCUT2D eigenvalue weighted by molar-refractivity contribution is 6.03. The average Bonchev–Trinajstić information content (AvgIpc) is 3.04. The number of rotatable bonds is 5. The first-order chi connectivity index (χ1) is 13.3. The van der Waals surface area contributed by atoms with Crippen LogP contribution in [-0.2, 0) is 15.8 Å². The molecule has 0 aliphatic carbocycles. The number of carbonyl (C=O) groups excluding carboxylic acids is 2. The molecule has 2 aromatic carbocycles. The first kappa shape index (κ1) is 19.7. The van der Waals surface area contributed by atoms with Crippen LogP contribution >= 0.6 is 0 Å².